The van der Waals surface area contributed by atoms with Gasteiger partial charge in [-0.3, -0.25) is 14.7 Å². The number of nitrogens with zero attached hydrogens (tertiary/aromatic N) is 3. The molecule has 1 aromatic carbocycles. The molecule has 1 aliphatic carbocycles. The second-order valence-corrected chi connectivity index (χ2v) is 6.37. The number of aromatic nitrogens is 1. The predicted molar refractivity (Wildman–Crippen MR) is 86.3 cm³/mol. The average molecular weight is 295 g/mol. The maximum Gasteiger partial charge on any atom is 0.225 e. The first-order valence-electron chi connectivity index (χ1n) is 8.15. The van der Waals surface area contributed by atoms with Crippen molar-refractivity contribution >= 4 is 16.8 Å². The Morgan fingerprint density at radius 3 is 2.64 bits per heavy atom. The highest BCUT2D eigenvalue weighted by Gasteiger charge is 2.34. The van der Waals surface area contributed by atoms with E-state index in [1.165, 1.54) is 10.9 Å². The summed E-state index contributed by atoms with van der Waals surface area (Å²) >= 11 is 0. The highest BCUT2D eigenvalue weighted by molar-refractivity contribution is 5.82. The monoisotopic (exact) mass is 295 g/mol. The Hall–Kier alpha value is -1.94. The van der Waals surface area contributed by atoms with E-state index in [2.05, 4.69) is 39.0 Å². The molecule has 1 amide bonds. The number of carbonyl (C=O) groups excluding carboxylic acids is 1. The third-order valence-corrected chi connectivity index (χ3v) is 4.72. The van der Waals surface area contributed by atoms with E-state index in [-0.39, 0.29) is 0 Å². The lowest BCUT2D eigenvalue weighted by molar-refractivity contribution is -0.134. The molecule has 2 heterocycles. The van der Waals surface area contributed by atoms with Crippen molar-refractivity contribution in [2.45, 2.75) is 19.4 Å². The van der Waals surface area contributed by atoms with E-state index in [1.54, 1.807) is 0 Å². The van der Waals surface area contributed by atoms with Crippen LogP contribution in [0.4, 0.5) is 0 Å². The molecule has 22 heavy (non-hydrogen) atoms. The van der Waals surface area contributed by atoms with Crippen LogP contribution in [0.5, 0.6) is 0 Å². The van der Waals surface area contributed by atoms with Gasteiger partial charge in [0.15, 0.2) is 0 Å². The van der Waals surface area contributed by atoms with E-state index in [1.807, 2.05) is 12.3 Å². The zero-order valence-corrected chi connectivity index (χ0v) is 12.7. The number of amides is 1. The van der Waals surface area contributed by atoms with Gasteiger partial charge in [0, 0.05) is 50.2 Å². The third-order valence-electron chi connectivity index (χ3n) is 4.72. The number of benzene rings is 1. The maximum absolute atomic E-state index is 12.1. The molecule has 0 atom stereocenters. The number of carbonyl (C=O) groups is 1. The number of hydrogen-bond donors (Lipinski definition) is 0. The highest BCUT2D eigenvalue weighted by atomic mass is 16.2. The second kappa shape index (κ2) is 5.69. The number of para-hydroxylation sites is 1. The van der Waals surface area contributed by atoms with Crippen molar-refractivity contribution in [3.63, 3.8) is 0 Å². The number of hydrogen-bond acceptors (Lipinski definition) is 3. The molecule has 4 heteroatoms. The smallest absolute Gasteiger partial charge is 0.225 e. The molecule has 1 saturated heterocycles. The van der Waals surface area contributed by atoms with Crippen LogP contribution in [0.15, 0.2) is 36.5 Å². The van der Waals surface area contributed by atoms with Gasteiger partial charge in [-0.1, -0.05) is 24.3 Å². The van der Waals surface area contributed by atoms with Gasteiger partial charge in [-0.2, -0.15) is 0 Å². The van der Waals surface area contributed by atoms with E-state index < -0.39 is 0 Å². The predicted octanol–water partition coefficient (Wildman–Crippen LogP) is 2.29. The largest absolute Gasteiger partial charge is 0.340 e. The van der Waals surface area contributed by atoms with Crippen molar-refractivity contribution in [2.75, 3.05) is 26.2 Å². The van der Waals surface area contributed by atoms with Crippen LogP contribution in [0.3, 0.4) is 0 Å². The van der Waals surface area contributed by atoms with Crippen molar-refractivity contribution in [3.05, 3.63) is 42.1 Å². The molecule has 1 saturated carbocycles. The van der Waals surface area contributed by atoms with Crippen LogP contribution in [0.25, 0.3) is 10.9 Å². The number of pyridine rings is 1. The summed E-state index contributed by atoms with van der Waals surface area (Å²) in [7, 11) is 0. The third kappa shape index (κ3) is 2.71. The molecule has 1 aromatic heterocycles. The second-order valence-electron chi connectivity index (χ2n) is 6.37. The van der Waals surface area contributed by atoms with E-state index in [0.29, 0.717) is 11.8 Å². The molecule has 4 rings (SSSR count). The SMILES string of the molecule is O=C(C1CC1)N1CCN(Cc2cccc3cccnc23)CC1. The minimum Gasteiger partial charge on any atom is -0.340 e. The summed E-state index contributed by atoms with van der Waals surface area (Å²) in [5, 5.41) is 1.20. The molecule has 4 nitrogen and oxygen atoms in total. The lowest BCUT2D eigenvalue weighted by Crippen LogP contribution is -2.48. The van der Waals surface area contributed by atoms with E-state index in [9.17, 15) is 4.79 Å². The molecule has 1 aliphatic heterocycles. The summed E-state index contributed by atoms with van der Waals surface area (Å²) in [4.78, 5) is 21.1. The molecule has 0 N–H and O–H groups in total. The molecule has 2 aliphatic rings. The molecule has 2 fully saturated rings. The van der Waals surface area contributed by atoms with Crippen LogP contribution in [-0.2, 0) is 11.3 Å². The van der Waals surface area contributed by atoms with Gasteiger partial charge in [-0.25, -0.2) is 0 Å². The number of piperazine rings is 1. The standard InChI is InChI=1S/C18H21N3O/c22-18(15-6-7-15)21-11-9-20(10-12-21)13-16-4-1-3-14-5-2-8-19-17(14)16/h1-5,8,15H,6-7,9-13H2. The zero-order chi connectivity index (χ0) is 14.9. The highest BCUT2D eigenvalue weighted by Crippen LogP contribution is 2.31. The van der Waals surface area contributed by atoms with Crippen LogP contribution in [0, 0.1) is 5.92 Å². The van der Waals surface area contributed by atoms with Gasteiger partial charge in [0.2, 0.25) is 5.91 Å². The Morgan fingerprint density at radius 2 is 1.86 bits per heavy atom. The Kier molecular flexibility index (Phi) is 3.54. The lowest BCUT2D eigenvalue weighted by Gasteiger charge is -2.35. The van der Waals surface area contributed by atoms with Gasteiger partial charge in [-0.15, -0.1) is 0 Å². The summed E-state index contributed by atoms with van der Waals surface area (Å²) in [6.07, 6.45) is 4.06. The molecular weight excluding hydrogens is 274 g/mol. The molecule has 0 spiro atoms. The first-order valence-corrected chi connectivity index (χ1v) is 8.15. The van der Waals surface area contributed by atoms with Crippen molar-refractivity contribution in [2.24, 2.45) is 5.92 Å². The number of fused-ring (bicyclic) bond motifs is 1. The molecule has 0 radical (unpaired) electrons. The van der Waals surface area contributed by atoms with Gasteiger partial charge in [0.05, 0.1) is 5.52 Å². The average Bonchev–Trinajstić information content (AvgIpc) is 3.40. The minimum absolute atomic E-state index is 0.341. The van der Waals surface area contributed by atoms with Crippen LogP contribution in [0.1, 0.15) is 18.4 Å². The van der Waals surface area contributed by atoms with Gasteiger partial charge in [0.25, 0.3) is 0 Å². The van der Waals surface area contributed by atoms with Crippen molar-refractivity contribution in [1.29, 1.82) is 0 Å². The van der Waals surface area contributed by atoms with Crippen LogP contribution in [-0.4, -0.2) is 46.9 Å². The molecular formula is C18H21N3O. The first kappa shape index (κ1) is 13.7. The van der Waals surface area contributed by atoms with Gasteiger partial charge < -0.3 is 4.90 Å². The van der Waals surface area contributed by atoms with Crippen molar-refractivity contribution < 1.29 is 4.79 Å². The van der Waals surface area contributed by atoms with Crippen LogP contribution < -0.4 is 0 Å². The summed E-state index contributed by atoms with van der Waals surface area (Å²) < 4.78 is 0. The molecule has 0 unspecified atom stereocenters. The van der Waals surface area contributed by atoms with E-state index in [4.69, 9.17) is 0 Å². The molecule has 2 aromatic rings. The lowest BCUT2D eigenvalue weighted by atomic mass is 10.1. The van der Waals surface area contributed by atoms with Crippen molar-refractivity contribution in [3.8, 4) is 0 Å². The van der Waals surface area contributed by atoms with Crippen LogP contribution in [0.2, 0.25) is 0 Å². The normalized spacial score (nSPS) is 19.5. The summed E-state index contributed by atoms with van der Waals surface area (Å²) in [5.74, 6) is 0.722. The first-order chi connectivity index (χ1) is 10.8. The van der Waals surface area contributed by atoms with Gasteiger partial charge in [0.1, 0.15) is 0 Å². The zero-order valence-electron chi connectivity index (χ0n) is 12.7. The van der Waals surface area contributed by atoms with E-state index in [0.717, 1.165) is 51.1 Å². The number of rotatable bonds is 3. The summed E-state index contributed by atoms with van der Waals surface area (Å²) in [5.41, 5.74) is 2.38. The fraction of sp³-hybridized carbons (Fsp3) is 0.444. The fourth-order valence-corrected chi connectivity index (χ4v) is 3.25. The molecule has 0 bridgehead atoms. The quantitative estimate of drug-likeness (QED) is 0.872. The summed E-state index contributed by atoms with van der Waals surface area (Å²) in [6.45, 7) is 4.57. The van der Waals surface area contributed by atoms with Gasteiger partial charge in [-0.05, 0) is 24.5 Å². The topological polar surface area (TPSA) is 36.4 Å². The van der Waals surface area contributed by atoms with Crippen molar-refractivity contribution in [1.82, 2.24) is 14.8 Å². The fourth-order valence-electron chi connectivity index (χ4n) is 3.25. The summed E-state index contributed by atoms with van der Waals surface area (Å²) in [6, 6.07) is 10.5. The maximum atomic E-state index is 12.1. The minimum atomic E-state index is 0.341. The Labute approximate surface area is 130 Å². The van der Waals surface area contributed by atoms with Crippen LogP contribution >= 0.6 is 0 Å². The Morgan fingerprint density at radius 1 is 1.09 bits per heavy atom. The van der Waals surface area contributed by atoms with E-state index >= 15 is 0 Å². The molecule has 114 valence electrons. The van der Waals surface area contributed by atoms with Gasteiger partial charge >= 0.3 is 0 Å². The Bertz CT molecular complexity index is 682. The Balaban J connectivity index is 1.42.